The predicted molar refractivity (Wildman–Crippen MR) is 96.6 cm³/mol. The summed E-state index contributed by atoms with van der Waals surface area (Å²) in [5.74, 6) is -1.48. The average Bonchev–Trinajstić information content (AvgIpc) is 2.50. The molecule has 0 spiro atoms. The van der Waals surface area contributed by atoms with E-state index in [-0.39, 0.29) is 11.1 Å². The fourth-order valence-electron chi connectivity index (χ4n) is 2.50. The molecule has 0 amide bonds. The molecule has 2 rings (SSSR count). The van der Waals surface area contributed by atoms with Crippen LogP contribution in [0.25, 0.3) is 17.2 Å². The summed E-state index contributed by atoms with van der Waals surface area (Å²) < 4.78 is 14.3. The maximum Gasteiger partial charge on any atom is 0.331 e. The van der Waals surface area contributed by atoms with E-state index < -0.39 is 11.8 Å². The topological polar surface area (TPSA) is 49.3 Å². The number of nitrogens with one attached hydrogen (secondary N) is 1. The normalized spacial score (nSPS) is 11.7. The molecule has 0 radical (unpaired) electrons. The Kier molecular flexibility index (Phi) is 5.39. The van der Waals surface area contributed by atoms with Crippen molar-refractivity contribution >= 4 is 17.7 Å². The fraction of sp³-hybridized carbons (Fsp3) is 0.250. The van der Waals surface area contributed by atoms with Crippen LogP contribution < -0.4 is 5.32 Å². The molecule has 0 aromatic heterocycles. The highest BCUT2D eigenvalue weighted by Gasteiger charge is 2.10. The molecule has 2 aromatic rings. The average molecular weight is 327 g/mol. The van der Waals surface area contributed by atoms with Crippen molar-refractivity contribution in [1.29, 1.82) is 0 Å². The van der Waals surface area contributed by atoms with E-state index in [2.05, 4.69) is 19.2 Å². The van der Waals surface area contributed by atoms with Gasteiger partial charge < -0.3 is 10.4 Å². The molecule has 0 fully saturated rings. The molecule has 0 saturated carbocycles. The number of rotatable bonds is 5. The lowest BCUT2D eigenvalue weighted by atomic mass is 9.97. The molecular weight excluding hydrogens is 305 g/mol. The van der Waals surface area contributed by atoms with Gasteiger partial charge in [-0.05, 0) is 74.7 Å². The largest absolute Gasteiger partial charge is 0.478 e. The Labute approximate surface area is 141 Å². The molecule has 2 aromatic carbocycles. The third kappa shape index (κ3) is 4.22. The minimum Gasteiger partial charge on any atom is -0.478 e. The monoisotopic (exact) mass is 327 g/mol. The summed E-state index contributed by atoms with van der Waals surface area (Å²) in [6, 6.07) is 11.3. The summed E-state index contributed by atoms with van der Waals surface area (Å²) >= 11 is 0. The first-order chi connectivity index (χ1) is 11.3. The molecule has 0 saturated heterocycles. The van der Waals surface area contributed by atoms with Gasteiger partial charge in [0.2, 0.25) is 0 Å². The maximum atomic E-state index is 14.3. The molecule has 0 aliphatic carbocycles. The van der Waals surface area contributed by atoms with E-state index in [1.54, 1.807) is 6.07 Å². The second-order valence-electron chi connectivity index (χ2n) is 6.20. The van der Waals surface area contributed by atoms with Crippen LogP contribution in [0.2, 0.25) is 0 Å². The molecule has 2 N–H and O–H groups in total. The molecule has 0 atom stereocenters. The van der Waals surface area contributed by atoms with Crippen molar-refractivity contribution in [1.82, 2.24) is 0 Å². The van der Waals surface area contributed by atoms with E-state index in [1.807, 2.05) is 31.2 Å². The minimum absolute atomic E-state index is 0.102. The van der Waals surface area contributed by atoms with Gasteiger partial charge in [-0.1, -0.05) is 12.1 Å². The number of aliphatic carboxylic acids is 1. The van der Waals surface area contributed by atoms with Gasteiger partial charge in [0.1, 0.15) is 5.82 Å². The Morgan fingerprint density at radius 3 is 2.38 bits per heavy atom. The number of benzene rings is 2. The van der Waals surface area contributed by atoms with Gasteiger partial charge in [0.15, 0.2) is 0 Å². The summed E-state index contributed by atoms with van der Waals surface area (Å²) in [5, 5.41) is 12.2. The van der Waals surface area contributed by atoms with E-state index in [0.29, 0.717) is 6.04 Å². The molecule has 0 bridgehead atoms. The van der Waals surface area contributed by atoms with Crippen molar-refractivity contribution in [3.63, 3.8) is 0 Å². The third-order valence-corrected chi connectivity index (χ3v) is 3.70. The SMILES string of the molecule is C/C(=C\c1cc(C)c(-c2ccc(NC(C)C)cc2)cc1F)C(=O)O. The van der Waals surface area contributed by atoms with Crippen LogP contribution in [0.15, 0.2) is 42.0 Å². The highest BCUT2D eigenvalue weighted by atomic mass is 19.1. The third-order valence-electron chi connectivity index (χ3n) is 3.70. The van der Waals surface area contributed by atoms with Crippen LogP contribution in [0, 0.1) is 12.7 Å². The Hall–Kier alpha value is -2.62. The molecule has 126 valence electrons. The number of anilines is 1. The van der Waals surface area contributed by atoms with Crippen LogP contribution in [0.5, 0.6) is 0 Å². The van der Waals surface area contributed by atoms with Crippen molar-refractivity contribution in [2.45, 2.75) is 33.7 Å². The van der Waals surface area contributed by atoms with Gasteiger partial charge in [0, 0.05) is 22.9 Å². The van der Waals surface area contributed by atoms with Crippen LogP contribution >= 0.6 is 0 Å². The van der Waals surface area contributed by atoms with Gasteiger partial charge in [0.25, 0.3) is 0 Å². The van der Waals surface area contributed by atoms with Crippen molar-refractivity contribution in [3.05, 3.63) is 58.9 Å². The zero-order valence-corrected chi connectivity index (χ0v) is 14.4. The summed E-state index contributed by atoms with van der Waals surface area (Å²) in [6.45, 7) is 7.48. The summed E-state index contributed by atoms with van der Waals surface area (Å²) in [7, 11) is 0. The molecule has 0 heterocycles. The summed E-state index contributed by atoms with van der Waals surface area (Å²) in [4.78, 5) is 10.9. The number of carbonyl (C=O) groups is 1. The van der Waals surface area contributed by atoms with Crippen LogP contribution in [0.1, 0.15) is 31.9 Å². The second kappa shape index (κ2) is 7.30. The lowest BCUT2D eigenvalue weighted by Gasteiger charge is -2.12. The van der Waals surface area contributed by atoms with Gasteiger partial charge in [0.05, 0.1) is 0 Å². The number of hydrogen-bond donors (Lipinski definition) is 2. The van der Waals surface area contributed by atoms with Gasteiger partial charge >= 0.3 is 5.97 Å². The molecule has 3 nitrogen and oxygen atoms in total. The van der Waals surface area contributed by atoms with Crippen molar-refractivity contribution < 1.29 is 14.3 Å². The number of hydrogen-bond acceptors (Lipinski definition) is 2. The number of aryl methyl sites for hydroxylation is 1. The first-order valence-corrected chi connectivity index (χ1v) is 7.86. The lowest BCUT2D eigenvalue weighted by Crippen LogP contribution is -2.09. The van der Waals surface area contributed by atoms with E-state index in [4.69, 9.17) is 5.11 Å². The maximum absolute atomic E-state index is 14.3. The summed E-state index contributed by atoms with van der Waals surface area (Å²) in [5.41, 5.74) is 4.02. The predicted octanol–water partition coefficient (Wildman–Crippen LogP) is 5.11. The zero-order valence-electron chi connectivity index (χ0n) is 14.4. The second-order valence-corrected chi connectivity index (χ2v) is 6.20. The van der Waals surface area contributed by atoms with E-state index in [0.717, 1.165) is 22.4 Å². The van der Waals surface area contributed by atoms with Gasteiger partial charge in [-0.15, -0.1) is 0 Å². The Morgan fingerprint density at radius 2 is 1.83 bits per heavy atom. The molecule has 0 unspecified atom stereocenters. The standard InChI is InChI=1S/C20H22FNO2/c1-12(2)22-17-7-5-15(6-8-17)18-11-19(21)16(9-13(18)3)10-14(4)20(23)24/h5-12,22H,1-4H3,(H,23,24)/b14-10+. The molecule has 24 heavy (non-hydrogen) atoms. The van der Waals surface area contributed by atoms with E-state index >= 15 is 0 Å². The Bertz CT molecular complexity index is 777. The van der Waals surface area contributed by atoms with Gasteiger partial charge in [-0.25, -0.2) is 9.18 Å². The molecule has 0 aliphatic heterocycles. The number of carboxylic acid groups (broad SMARTS) is 1. The highest BCUT2D eigenvalue weighted by Crippen LogP contribution is 2.28. The van der Waals surface area contributed by atoms with E-state index in [1.165, 1.54) is 19.1 Å². The summed E-state index contributed by atoms with van der Waals surface area (Å²) in [6.07, 6.45) is 1.35. The van der Waals surface area contributed by atoms with Crippen LogP contribution in [0.4, 0.5) is 10.1 Å². The Morgan fingerprint density at radius 1 is 1.21 bits per heavy atom. The van der Waals surface area contributed by atoms with Crippen molar-refractivity contribution in [2.75, 3.05) is 5.32 Å². The highest BCUT2D eigenvalue weighted by molar-refractivity contribution is 5.91. The molecule has 4 heteroatoms. The van der Waals surface area contributed by atoms with Crippen LogP contribution in [-0.4, -0.2) is 17.1 Å². The van der Waals surface area contributed by atoms with Crippen LogP contribution in [0.3, 0.4) is 0 Å². The van der Waals surface area contributed by atoms with Gasteiger partial charge in [-0.2, -0.15) is 0 Å². The van der Waals surface area contributed by atoms with E-state index in [9.17, 15) is 9.18 Å². The van der Waals surface area contributed by atoms with Gasteiger partial charge in [-0.3, -0.25) is 0 Å². The number of carboxylic acids is 1. The molecule has 0 aliphatic rings. The minimum atomic E-state index is -1.05. The smallest absolute Gasteiger partial charge is 0.331 e. The first-order valence-electron chi connectivity index (χ1n) is 7.86. The quantitative estimate of drug-likeness (QED) is 0.750. The first kappa shape index (κ1) is 17.7. The van der Waals surface area contributed by atoms with Crippen molar-refractivity contribution in [2.24, 2.45) is 0 Å². The zero-order chi connectivity index (χ0) is 17.9. The molecular formula is C20H22FNO2. The number of halogens is 1. The van der Waals surface area contributed by atoms with Crippen molar-refractivity contribution in [3.8, 4) is 11.1 Å². The van der Waals surface area contributed by atoms with Crippen LogP contribution in [-0.2, 0) is 4.79 Å². The lowest BCUT2D eigenvalue weighted by molar-refractivity contribution is -0.132. The fourth-order valence-corrected chi connectivity index (χ4v) is 2.50. The Balaban J connectivity index is 2.37.